The summed E-state index contributed by atoms with van der Waals surface area (Å²) in [5, 5.41) is 3.43. The Morgan fingerprint density at radius 1 is 1.33 bits per heavy atom. The molecule has 114 valence electrons. The van der Waals surface area contributed by atoms with Crippen LogP contribution in [0.2, 0.25) is 0 Å². The Balaban J connectivity index is 1.88. The molecule has 1 aromatic heterocycles. The highest BCUT2D eigenvalue weighted by molar-refractivity contribution is 5.51. The van der Waals surface area contributed by atoms with Crippen LogP contribution in [0.1, 0.15) is 39.2 Å². The van der Waals surface area contributed by atoms with Gasteiger partial charge in [0.1, 0.15) is 12.4 Å². The van der Waals surface area contributed by atoms with Crippen LogP contribution in [0.4, 0.5) is 0 Å². The molecule has 0 aliphatic carbocycles. The van der Waals surface area contributed by atoms with Crippen LogP contribution in [0.3, 0.4) is 0 Å². The topological polar surface area (TPSA) is 34.1 Å². The SMILES string of the molecule is CC(C)(C)/C=C/C=C/c1cncc(OC[C@@H]2CCCN2)c1. The zero-order valence-corrected chi connectivity index (χ0v) is 13.3. The first-order valence-electron chi connectivity index (χ1n) is 7.70. The molecule has 1 atom stereocenters. The molecule has 0 unspecified atom stereocenters. The quantitative estimate of drug-likeness (QED) is 0.835. The highest BCUT2D eigenvalue weighted by atomic mass is 16.5. The summed E-state index contributed by atoms with van der Waals surface area (Å²) in [7, 11) is 0. The van der Waals surface area contributed by atoms with Gasteiger partial charge in [0, 0.05) is 12.2 Å². The van der Waals surface area contributed by atoms with E-state index in [4.69, 9.17) is 4.74 Å². The minimum atomic E-state index is 0.210. The maximum absolute atomic E-state index is 5.81. The number of pyridine rings is 1. The summed E-state index contributed by atoms with van der Waals surface area (Å²) in [4.78, 5) is 4.24. The molecule has 1 aliphatic heterocycles. The Morgan fingerprint density at radius 2 is 2.19 bits per heavy atom. The van der Waals surface area contributed by atoms with Crippen LogP contribution in [-0.4, -0.2) is 24.2 Å². The Kier molecular flexibility index (Phi) is 5.57. The zero-order chi connectivity index (χ0) is 15.1. The fourth-order valence-corrected chi connectivity index (χ4v) is 2.21. The lowest BCUT2D eigenvalue weighted by Gasteiger charge is -2.12. The number of aromatic nitrogens is 1. The van der Waals surface area contributed by atoms with Crippen molar-refractivity contribution in [1.82, 2.24) is 10.3 Å². The van der Waals surface area contributed by atoms with E-state index in [1.54, 1.807) is 6.20 Å². The van der Waals surface area contributed by atoms with Gasteiger partial charge in [0.2, 0.25) is 0 Å². The first-order valence-corrected chi connectivity index (χ1v) is 7.70. The van der Waals surface area contributed by atoms with E-state index >= 15 is 0 Å². The molecule has 1 aliphatic rings. The average Bonchev–Trinajstić information content (AvgIpc) is 2.94. The minimum absolute atomic E-state index is 0.210. The van der Waals surface area contributed by atoms with E-state index in [0.717, 1.165) is 24.5 Å². The summed E-state index contributed by atoms with van der Waals surface area (Å²) in [5.74, 6) is 0.839. The van der Waals surface area contributed by atoms with Crippen LogP contribution in [0.5, 0.6) is 5.75 Å². The summed E-state index contributed by atoms with van der Waals surface area (Å²) in [5.41, 5.74) is 1.27. The molecule has 1 saturated heterocycles. The second-order valence-corrected chi connectivity index (χ2v) is 6.64. The van der Waals surface area contributed by atoms with Crippen LogP contribution in [0.15, 0.2) is 36.7 Å². The number of hydrogen-bond acceptors (Lipinski definition) is 3. The minimum Gasteiger partial charge on any atom is -0.490 e. The third kappa shape index (κ3) is 6.13. The molecule has 1 N–H and O–H groups in total. The maximum Gasteiger partial charge on any atom is 0.138 e. The number of hydrogen-bond donors (Lipinski definition) is 1. The van der Waals surface area contributed by atoms with Gasteiger partial charge < -0.3 is 10.1 Å². The highest BCUT2D eigenvalue weighted by Gasteiger charge is 2.14. The molecule has 2 heterocycles. The number of rotatable bonds is 5. The predicted octanol–water partition coefficient (Wildman–Crippen LogP) is 3.83. The smallest absolute Gasteiger partial charge is 0.138 e. The van der Waals surface area contributed by atoms with Crippen LogP contribution < -0.4 is 10.1 Å². The van der Waals surface area contributed by atoms with Crippen LogP contribution in [0, 0.1) is 5.41 Å². The Morgan fingerprint density at radius 3 is 2.90 bits per heavy atom. The number of allylic oxidation sites excluding steroid dienone is 3. The van der Waals surface area contributed by atoms with Crippen molar-refractivity contribution in [1.29, 1.82) is 0 Å². The largest absolute Gasteiger partial charge is 0.490 e. The second kappa shape index (κ2) is 7.41. The van der Waals surface area contributed by atoms with Crippen molar-refractivity contribution in [2.24, 2.45) is 5.41 Å². The fraction of sp³-hybridized carbons (Fsp3) is 0.500. The van der Waals surface area contributed by atoms with Crippen molar-refractivity contribution in [3.63, 3.8) is 0 Å². The standard InChI is InChI=1S/C18H26N2O/c1-18(2,3)9-5-4-7-15-11-17(13-19-12-15)21-14-16-8-6-10-20-16/h4-5,7,9,11-13,16,20H,6,8,10,14H2,1-3H3/b7-4+,9-5+/t16-/m0/s1. The lowest BCUT2D eigenvalue weighted by atomic mass is 9.96. The molecule has 0 bridgehead atoms. The number of ether oxygens (including phenoxy) is 1. The van der Waals surface area contributed by atoms with Crippen molar-refractivity contribution in [3.05, 3.63) is 42.3 Å². The van der Waals surface area contributed by atoms with Gasteiger partial charge in [-0.25, -0.2) is 0 Å². The molecule has 1 aromatic rings. The van der Waals surface area contributed by atoms with Gasteiger partial charge in [-0.05, 0) is 36.4 Å². The van der Waals surface area contributed by atoms with Gasteiger partial charge in [-0.15, -0.1) is 0 Å². The highest BCUT2D eigenvalue weighted by Crippen LogP contribution is 2.16. The third-order valence-electron chi connectivity index (χ3n) is 3.34. The van der Waals surface area contributed by atoms with Gasteiger partial charge in [-0.3, -0.25) is 4.98 Å². The van der Waals surface area contributed by atoms with Gasteiger partial charge in [0.25, 0.3) is 0 Å². The molecule has 2 rings (SSSR count). The van der Waals surface area contributed by atoms with Crippen molar-refractivity contribution < 1.29 is 4.74 Å². The summed E-state index contributed by atoms with van der Waals surface area (Å²) in [6.07, 6.45) is 14.4. The van der Waals surface area contributed by atoms with Gasteiger partial charge >= 0.3 is 0 Å². The molecule has 1 fully saturated rings. The second-order valence-electron chi connectivity index (χ2n) is 6.64. The lowest BCUT2D eigenvalue weighted by Crippen LogP contribution is -2.28. The Hall–Kier alpha value is -1.61. The summed E-state index contributed by atoms with van der Waals surface area (Å²) < 4.78 is 5.81. The van der Waals surface area contributed by atoms with Crippen molar-refractivity contribution in [2.45, 2.75) is 39.7 Å². The summed E-state index contributed by atoms with van der Waals surface area (Å²) in [6.45, 7) is 8.38. The first-order chi connectivity index (χ1) is 10.0. The van der Waals surface area contributed by atoms with E-state index in [-0.39, 0.29) is 5.41 Å². The first kappa shape index (κ1) is 15.8. The van der Waals surface area contributed by atoms with E-state index in [0.29, 0.717) is 6.04 Å². The number of nitrogens with zero attached hydrogens (tertiary/aromatic N) is 1. The van der Waals surface area contributed by atoms with E-state index in [2.05, 4.69) is 49.3 Å². The Bertz CT molecular complexity index is 494. The summed E-state index contributed by atoms with van der Waals surface area (Å²) >= 11 is 0. The molecule has 0 aromatic carbocycles. The lowest BCUT2D eigenvalue weighted by molar-refractivity contribution is 0.276. The fourth-order valence-electron chi connectivity index (χ4n) is 2.21. The number of nitrogens with one attached hydrogen (secondary N) is 1. The monoisotopic (exact) mass is 286 g/mol. The average molecular weight is 286 g/mol. The van der Waals surface area contributed by atoms with Gasteiger partial charge in [0.15, 0.2) is 0 Å². The van der Waals surface area contributed by atoms with E-state index in [9.17, 15) is 0 Å². The van der Waals surface area contributed by atoms with E-state index < -0.39 is 0 Å². The van der Waals surface area contributed by atoms with Gasteiger partial charge in [0.05, 0.1) is 6.20 Å². The van der Waals surface area contributed by atoms with Crippen LogP contribution >= 0.6 is 0 Å². The molecular formula is C18H26N2O. The maximum atomic E-state index is 5.81. The van der Waals surface area contributed by atoms with E-state index in [1.165, 1.54) is 12.8 Å². The van der Waals surface area contributed by atoms with Crippen molar-refractivity contribution in [2.75, 3.05) is 13.2 Å². The molecule has 0 amide bonds. The molecular weight excluding hydrogens is 260 g/mol. The Labute approximate surface area is 128 Å². The van der Waals surface area contributed by atoms with Crippen LogP contribution in [0.25, 0.3) is 6.08 Å². The van der Waals surface area contributed by atoms with Gasteiger partial charge in [-0.2, -0.15) is 0 Å². The molecule has 3 heteroatoms. The van der Waals surface area contributed by atoms with Crippen LogP contribution in [-0.2, 0) is 0 Å². The summed E-state index contributed by atoms with van der Waals surface area (Å²) in [6, 6.07) is 2.52. The third-order valence-corrected chi connectivity index (χ3v) is 3.34. The predicted molar refractivity (Wildman–Crippen MR) is 88.4 cm³/mol. The molecule has 0 spiro atoms. The van der Waals surface area contributed by atoms with E-state index in [1.807, 2.05) is 18.3 Å². The molecule has 3 nitrogen and oxygen atoms in total. The molecule has 0 saturated carbocycles. The molecule has 0 radical (unpaired) electrons. The normalized spacial score (nSPS) is 19.7. The van der Waals surface area contributed by atoms with Crippen molar-refractivity contribution in [3.8, 4) is 5.75 Å². The zero-order valence-electron chi connectivity index (χ0n) is 13.3. The van der Waals surface area contributed by atoms with Crippen molar-refractivity contribution >= 4 is 6.08 Å². The van der Waals surface area contributed by atoms with Gasteiger partial charge in [-0.1, -0.05) is 45.1 Å². The molecule has 21 heavy (non-hydrogen) atoms.